The zero-order valence-electron chi connectivity index (χ0n) is 9.38. The van der Waals surface area contributed by atoms with Gasteiger partial charge in [0.05, 0.1) is 5.69 Å². The molecular formula is C12H10IN3O2. The Morgan fingerprint density at radius 2 is 2.22 bits per heavy atom. The van der Waals surface area contributed by atoms with Crippen LogP contribution >= 0.6 is 22.6 Å². The predicted octanol–water partition coefficient (Wildman–Crippen LogP) is 2.45. The molecule has 1 aliphatic carbocycles. The summed E-state index contributed by atoms with van der Waals surface area (Å²) in [5, 5.41) is 13.2. The van der Waals surface area contributed by atoms with Crippen molar-refractivity contribution in [3.05, 3.63) is 39.4 Å². The molecule has 92 valence electrons. The molecule has 3 rings (SSSR count). The fourth-order valence-corrected chi connectivity index (χ4v) is 2.30. The van der Waals surface area contributed by atoms with Crippen molar-refractivity contribution >= 4 is 28.6 Å². The first-order valence-electron chi connectivity index (χ1n) is 5.60. The smallest absolute Gasteiger partial charge is 0.356 e. The second-order valence-electron chi connectivity index (χ2n) is 4.28. The number of aromatic carboxylic acids is 1. The predicted molar refractivity (Wildman–Crippen MR) is 73.0 cm³/mol. The van der Waals surface area contributed by atoms with E-state index >= 15 is 0 Å². The summed E-state index contributed by atoms with van der Waals surface area (Å²) >= 11 is 2.20. The van der Waals surface area contributed by atoms with Crippen molar-refractivity contribution < 1.29 is 9.90 Å². The third-order valence-corrected chi connectivity index (χ3v) is 3.55. The standard InChI is InChI=1S/C12H10IN3O2/c13-8-3-4-14-11(5-8)16-10(7-1-2-7)6-9(15-16)12(17)18/h3-7H,1-2H2,(H,17,18). The van der Waals surface area contributed by atoms with Gasteiger partial charge in [0.1, 0.15) is 0 Å². The molecule has 5 nitrogen and oxygen atoms in total. The van der Waals surface area contributed by atoms with Crippen molar-refractivity contribution in [2.45, 2.75) is 18.8 Å². The monoisotopic (exact) mass is 355 g/mol. The van der Waals surface area contributed by atoms with Gasteiger partial charge in [0.2, 0.25) is 0 Å². The molecule has 1 saturated carbocycles. The Balaban J connectivity index is 2.12. The van der Waals surface area contributed by atoms with Gasteiger partial charge in [-0.15, -0.1) is 0 Å². The van der Waals surface area contributed by atoms with Crippen molar-refractivity contribution in [2.75, 3.05) is 0 Å². The number of carboxylic acids is 1. The quantitative estimate of drug-likeness (QED) is 0.859. The highest BCUT2D eigenvalue weighted by Gasteiger charge is 2.30. The molecule has 0 radical (unpaired) electrons. The summed E-state index contributed by atoms with van der Waals surface area (Å²) in [4.78, 5) is 15.3. The summed E-state index contributed by atoms with van der Waals surface area (Å²) in [5.74, 6) is 0.0999. The van der Waals surface area contributed by atoms with E-state index in [9.17, 15) is 4.79 Å². The zero-order valence-corrected chi connectivity index (χ0v) is 11.5. The molecule has 0 aromatic carbocycles. The Bertz CT molecular complexity index is 620. The minimum absolute atomic E-state index is 0.0811. The summed E-state index contributed by atoms with van der Waals surface area (Å²) in [5.41, 5.74) is 1.03. The van der Waals surface area contributed by atoms with Crippen LogP contribution in [-0.4, -0.2) is 25.8 Å². The molecule has 0 spiro atoms. The number of halogens is 1. The number of hydrogen-bond acceptors (Lipinski definition) is 3. The number of carbonyl (C=O) groups is 1. The minimum atomic E-state index is -0.999. The van der Waals surface area contributed by atoms with Crippen LogP contribution in [0.1, 0.15) is 34.9 Å². The lowest BCUT2D eigenvalue weighted by molar-refractivity contribution is 0.0690. The van der Waals surface area contributed by atoms with Gasteiger partial charge in [-0.05, 0) is 53.6 Å². The van der Waals surface area contributed by atoms with Gasteiger partial charge in [0.25, 0.3) is 0 Å². The maximum Gasteiger partial charge on any atom is 0.356 e. The van der Waals surface area contributed by atoms with Gasteiger partial charge < -0.3 is 5.11 Å². The van der Waals surface area contributed by atoms with Gasteiger partial charge >= 0.3 is 5.97 Å². The number of carboxylic acid groups (broad SMARTS) is 1. The van der Waals surface area contributed by atoms with E-state index in [1.54, 1.807) is 16.9 Å². The van der Waals surface area contributed by atoms with E-state index < -0.39 is 5.97 Å². The molecule has 18 heavy (non-hydrogen) atoms. The first kappa shape index (κ1) is 11.6. The number of nitrogens with zero attached hydrogens (tertiary/aromatic N) is 3. The third kappa shape index (κ3) is 2.12. The highest BCUT2D eigenvalue weighted by atomic mass is 127. The molecule has 0 aliphatic heterocycles. The molecule has 6 heteroatoms. The third-order valence-electron chi connectivity index (χ3n) is 2.88. The lowest BCUT2D eigenvalue weighted by Gasteiger charge is -2.05. The molecule has 2 heterocycles. The first-order valence-corrected chi connectivity index (χ1v) is 6.68. The molecule has 0 unspecified atom stereocenters. The summed E-state index contributed by atoms with van der Waals surface area (Å²) in [6.45, 7) is 0. The summed E-state index contributed by atoms with van der Waals surface area (Å²) < 4.78 is 2.70. The van der Waals surface area contributed by atoms with E-state index in [0.29, 0.717) is 11.7 Å². The SMILES string of the molecule is O=C(O)c1cc(C2CC2)n(-c2cc(I)ccn2)n1. The normalized spacial score (nSPS) is 14.7. The van der Waals surface area contributed by atoms with E-state index in [2.05, 4.69) is 32.7 Å². The van der Waals surface area contributed by atoms with Crippen molar-refractivity contribution in [1.82, 2.24) is 14.8 Å². The van der Waals surface area contributed by atoms with Crippen LogP contribution in [0.25, 0.3) is 5.82 Å². The molecule has 2 aromatic rings. The van der Waals surface area contributed by atoms with E-state index in [-0.39, 0.29) is 5.69 Å². The summed E-state index contributed by atoms with van der Waals surface area (Å²) in [6.07, 6.45) is 3.89. The van der Waals surface area contributed by atoms with Crippen LogP contribution in [0.2, 0.25) is 0 Å². The van der Waals surface area contributed by atoms with Crippen LogP contribution < -0.4 is 0 Å². The molecule has 2 aromatic heterocycles. The minimum Gasteiger partial charge on any atom is -0.476 e. The maximum atomic E-state index is 11.0. The summed E-state index contributed by atoms with van der Waals surface area (Å²) in [7, 11) is 0. The van der Waals surface area contributed by atoms with E-state index in [4.69, 9.17) is 5.11 Å². The maximum absolute atomic E-state index is 11.0. The average molecular weight is 355 g/mol. The molecule has 0 bridgehead atoms. The van der Waals surface area contributed by atoms with Crippen LogP contribution in [0.5, 0.6) is 0 Å². The molecular weight excluding hydrogens is 345 g/mol. The van der Waals surface area contributed by atoms with Gasteiger partial charge in [-0.3, -0.25) is 0 Å². The second kappa shape index (κ2) is 4.34. The Hall–Kier alpha value is -1.44. The van der Waals surface area contributed by atoms with Crippen molar-refractivity contribution in [3.8, 4) is 5.82 Å². The van der Waals surface area contributed by atoms with Crippen molar-refractivity contribution in [3.63, 3.8) is 0 Å². The van der Waals surface area contributed by atoms with Gasteiger partial charge in [0, 0.05) is 15.7 Å². The van der Waals surface area contributed by atoms with Crippen molar-refractivity contribution in [2.24, 2.45) is 0 Å². The fourth-order valence-electron chi connectivity index (χ4n) is 1.86. The molecule has 0 saturated heterocycles. The Labute approximate surface area is 117 Å². The Kier molecular flexibility index (Phi) is 2.81. The Morgan fingerprint density at radius 1 is 1.44 bits per heavy atom. The lowest BCUT2D eigenvalue weighted by atomic mass is 10.2. The number of rotatable bonds is 3. The molecule has 1 aliphatic rings. The van der Waals surface area contributed by atoms with Gasteiger partial charge in [-0.25, -0.2) is 14.5 Å². The van der Waals surface area contributed by atoms with Crippen LogP contribution in [0.3, 0.4) is 0 Å². The largest absolute Gasteiger partial charge is 0.476 e. The lowest BCUT2D eigenvalue weighted by Crippen LogP contribution is -2.05. The molecule has 0 amide bonds. The van der Waals surface area contributed by atoms with E-state index in [0.717, 1.165) is 22.1 Å². The zero-order chi connectivity index (χ0) is 12.7. The topological polar surface area (TPSA) is 68.0 Å². The molecule has 1 fully saturated rings. The van der Waals surface area contributed by atoms with E-state index in [1.807, 2.05) is 12.1 Å². The van der Waals surface area contributed by atoms with Crippen LogP contribution in [0.4, 0.5) is 0 Å². The highest BCUT2D eigenvalue weighted by molar-refractivity contribution is 14.1. The van der Waals surface area contributed by atoms with Gasteiger partial charge in [0.15, 0.2) is 11.5 Å². The highest BCUT2D eigenvalue weighted by Crippen LogP contribution is 2.41. The number of hydrogen-bond donors (Lipinski definition) is 1. The van der Waals surface area contributed by atoms with Crippen LogP contribution in [-0.2, 0) is 0 Å². The van der Waals surface area contributed by atoms with Gasteiger partial charge in [-0.1, -0.05) is 0 Å². The fraction of sp³-hybridized carbons (Fsp3) is 0.250. The van der Waals surface area contributed by atoms with Gasteiger partial charge in [-0.2, -0.15) is 5.10 Å². The average Bonchev–Trinajstić information content (AvgIpc) is 3.07. The number of aromatic nitrogens is 3. The van der Waals surface area contributed by atoms with Crippen LogP contribution in [0.15, 0.2) is 24.4 Å². The second-order valence-corrected chi connectivity index (χ2v) is 5.52. The summed E-state index contributed by atoms with van der Waals surface area (Å²) in [6, 6.07) is 5.44. The van der Waals surface area contributed by atoms with Crippen LogP contribution in [0, 0.1) is 3.57 Å². The van der Waals surface area contributed by atoms with E-state index in [1.165, 1.54) is 0 Å². The van der Waals surface area contributed by atoms with Crippen molar-refractivity contribution in [1.29, 1.82) is 0 Å². The number of pyridine rings is 1. The molecule has 0 atom stereocenters. The Morgan fingerprint density at radius 3 is 2.83 bits per heavy atom. The first-order chi connectivity index (χ1) is 8.65. The molecule has 1 N–H and O–H groups in total.